The van der Waals surface area contributed by atoms with Gasteiger partial charge in [0.1, 0.15) is 0 Å². The van der Waals surface area contributed by atoms with Gasteiger partial charge in [-0.25, -0.2) is 0 Å². The third kappa shape index (κ3) is 1.70. The second-order valence-electron chi connectivity index (χ2n) is 3.77. The average Bonchev–Trinajstić information content (AvgIpc) is 2.48. The Hall–Kier alpha value is -1.81. The number of Topliss-reactive ketones (excluding diaryl/α,β-unsaturated/α-hetero) is 1. The SMILES string of the molecule is CC(=O)c1c(O)n(C(C)=O)c2ccc(Cl)cc12. The quantitative estimate of drug-likeness (QED) is 0.793. The van der Waals surface area contributed by atoms with Crippen LogP contribution in [0.5, 0.6) is 5.88 Å². The summed E-state index contributed by atoms with van der Waals surface area (Å²) in [7, 11) is 0. The van der Waals surface area contributed by atoms with Crippen molar-refractivity contribution in [2.75, 3.05) is 0 Å². The van der Waals surface area contributed by atoms with Gasteiger partial charge in [-0.2, -0.15) is 0 Å². The fourth-order valence-corrected chi connectivity index (χ4v) is 2.09. The van der Waals surface area contributed by atoms with Crippen LogP contribution in [-0.4, -0.2) is 21.4 Å². The number of aromatic nitrogens is 1. The molecule has 0 bridgehead atoms. The summed E-state index contributed by atoms with van der Waals surface area (Å²) in [4.78, 5) is 23.0. The van der Waals surface area contributed by atoms with E-state index >= 15 is 0 Å². The first-order valence-corrected chi connectivity index (χ1v) is 5.36. The van der Waals surface area contributed by atoms with Gasteiger partial charge in [-0.3, -0.25) is 14.2 Å². The molecular weight excluding hydrogens is 242 g/mol. The molecule has 5 heteroatoms. The highest BCUT2D eigenvalue weighted by Gasteiger charge is 2.21. The molecule has 0 aliphatic rings. The molecule has 0 saturated heterocycles. The van der Waals surface area contributed by atoms with Crippen LogP contribution in [0.2, 0.25) is 5.02 Å². The molecule has 0 fully saturated rings. The van der Waals surface area contributed by atoms with Crippen molar-refractivity contribution >= 4 is 34.2 Å². The Kier molecular flexibility index (Phi) is 2.67. The van der Waals surface area contributed by atoms with E-state index in [0.29, 0.717) is 15.9 Å². The van der Waals surface area contributed by atoms with Gasteiger partial charge in [0.15, 0.2) is 5.78 Å². The molecule has 17 heavy (non-hydrogen) atoms. The fraction of sp³-hybridized carbons (Fsp3) is 0.167. The molecule has 1 aromatic heterocycles. The molecule has 0 spiro atoms. The maximum atomic E-state index is 11.5. The lowest BCUT2D eigenvalue weighted by atomic mass is 10.1. The van der Waals surface area contributed by atoms with Crippen molar-refractivity contribution in [1.82, 2.24) is 4.57 Å². The van der Waals surface area contributed by atoms with E-state index in [-0.39, 0.29) is 23.1 Å². The summed E-state index contributed by atoms with van der Waals surface area (Å²) < 4.78 is 1.10. The molecule has 2 aromatic rings. The number of benzene rings is 1. The highest BCUT2D eigenvalue weighted by Crippen LogP contribution is 2.33. The van der Waals surface area contributed by atoms with E-state index in [9.17, 15) is 14.7 Å². The largest absolute Gasteiger partial charge is 0.494 e. The topological polar surface area (TPSA) is 59.3 Å². The molecule has 4 nitrogen and oxygen atoms in total. The maximum Gasteiger partial charge on any atom is 0.230 e. The van der Waals surface area contributed by atoms with E-state index < -0.39 is 0 Å². The van der Waals surface area contributed by atoms with Crippen LogP contribution in [0.3, 0.4) is 0 Å². The summed E-state index contributed by atoms with van der Waals surface area (Å²) in [5.74, 6) is -1.00. The molecule has 2 rings (SSSR count). The molecule has 0 saturated carbocycles. The van der Waals surface area contributed by atoms with Crippen molar-refractivity contribution in [3.05, 3.63) is 28.8 Å². The van der Waals surface area contributed by atoms with Crippen LogP contribution in [-0.2, 0) is 0 Å². The van der Waals surface area contributed by atoms with Crippen molar-refractivity contribution in [1.29, 1.82) is 0 Å². The first-order valence-electron chi connectivity index (χ1n) is 4.98. The van der Waals surface area contributed by atoms with Gasteiger partial charge in [-0.1, -0.05) is 11.6 Å². The number of carbonyl (C=O) groups is 2. The lowest BCUT2D eigenvalue weighted by Gasteiger charge is -2.00. The van der Waals surface area contributed by atoms with Crippen LogP contribution < -0.4 is 0 Å². The summed E-state index contributed by atoms with van der Waals surface area (Å²) in [5.41, 5.74) is 0.599. The fourth-order valence-electron chi connectivity index (χ4n) is 1.92. The van der Waals surface area contributed by atoms with Crippen molar-refractivity contribution in [3.8, 4) is 5.88 Å². The zero-order chi connectivity index (χ0) is 12.7. The van der Waals surface area contributed by atoms with E-state index in [1.807, 2.05) is 0 Å². The number of fused-ring (bicyclic) bond motifs is 1. The summed E-state index contributed by atoms with van der Waals surface area (Å²) in [6.07, 6.45) is 0. The highest BCUT2D eigenvalue weighted by molar-refractivity contribution is 6.31. The molecular formula is C12H10ClNO3. The lowest BCUT2D eigenvalue weighted by Crippen LogP contribution is -2.04. The van der Waals surface area contributed by atoms with Crippen LogP contribution >= 0.6 is 11.6 Å². The second-order valence-corrected chi connectivity index (χ2v) is 4.21. The van der Waals surface area contributed by atoms with Crippen LogP contribution in [0.15, 0.2) is 18.2 Å². The molecule has 0 amide bonds. The molecule has 88 valence electrons. The van der Waals surface area contributed by atoms with Crippen molar-refractivity contribution in [3.63, 3.8) is 0 Å². The number of ketones is 1. The number of carbonyl (C=O) groups excluding carboxylic acids is 2. The van der Waals surface area contributed by atoms with Gasteiger partial charge in [0.2, 0.25) is 11.8 Å². The van der Waals surface area contributed by atoms with Gasteiger partial charge in [0.05, 0.1) is 11.1 Å². The Balaban J connectivity index is 2.98. The molecule has 1 aromatic carbocycles. The van der Waals surface area contributed by atoms with E-state index in [1.54, 1.807) is 18.2 Å². The van der Waals surface area contributed by atoms with Crippen LogP contribution in [0.1, 0.15) is 29.0 Å². The van der Waals surface area contributed by atoms with Gasteiger partial charge in [-0.15, -0.1) is 0 Å². The Labute approximate surface area is 102 Å². The molecule has 1 N–H and O–H groups in total. The summed E-state index contributed by atoms with van der Waals surface area (Å²) >= 11 is 5.85. The lowest BCUT2D eigenvalue weighted by molar-refractivity contribution is 0.0933. The Morgan fingerprint density at radius 1 is 1.29 bits per heavy atom. The van der Waals surface area contributed by atoms with Crippen LogP contribution in [0.25, 0.3) is 10.9 Å². The minimum absolute atomic E-state index is 0.123. The minimum atomic E-state index is -0.359. The van der Waals surface area contributed by atoms with E-state index in [0.717, 1.165) is 4.57 Å². The maximum absolute atomic E-state index is 11.5. The van der Waals surface area contributed by atoms with Gasteiger partial charge in [-0.05, 0) is 25.1 Å². The predicted molar refractivity (Wildman–Crippen MR) is 64.9 cm³/mol. The van der Waals surface area contributed by atoms with Crippen molar-refractivity contribution < 1.29 is 14.7 Å². The van der Waals surface area contributed by atoms with E-state index in [4.69, 9.17) is 11.6 Å². The summed E-state index contributed by atoms with van der Waals surface area (Å²) in [6, 6.07) is 4.77. The van der Waals surface area contributed by atoms with Crippen molar-refractivity contribution in [2.45, 2.75) is 13.8 Å². The second kappa shape index (κ2) is 3.89. The van der Waals surface area contributed by atoms with Crippen LogP contribution in [0.4, 0.5) is 0 Å². The van der Waals surface area contributed by atoms with Gasteiger partial charge < -0.3 is 5.11 Å². The summed E-state index contributed by atoms with van der Waals surface area (Å²) in [6.45, 7) is 2.65. The zero-order valence-electron chi connectivity index (χ0n) is 9.32. The highest BCUT2D eigenvalue weighted by atomic mass is 35.5. The van der Waals surface area contributed by atoms with Gasteiger partial charge in [0, 0.05) is 17.3 Å². The average molecular weight is 252 g/mol. The predicted octanol–water partition coefficient (Wildman–Crippen LogP) is 2.86. The first kappa shape index (κ1) is 11.7. The minimum Gasteiger partial charge on any atom is -0.494 e. The number of aromatic hydroxyl groups is 1. The zero-order valence-corrected chi connectivity index (χ0v) is 10.1. The van der Waals surface area contributed by atoms with Crippen LogP contribution in [0, 0.1) is 0 Å². The number of nitrogens with zero attached hydrogens (tertiary/aromatic N) is 1. The smallest absolute Gasteiger partial charge is 0.230 e. The molecule has 0 aliphatic heterocycles. The molecule has 1 heterocycles. The third-order valence-corrected chi connectivity index (χ3v) is 2.81. The van der Waals surface area contributed by atoms with Crippen molar-refractivity contribution in [2.24, 2.45) is 0 Å². The van der Waals surface area contributed by atoms with Gasteiger partial charge in [0.25, 0.3) is 0 Å². The molecule has 0 unspecified atom stereocenters. The third-order valence-electron chi connectivity index (χ3n) is 2.57. The summed E-state index contributed by atoms with van der Waals surface area (Å²) in [5, 5.41) is 10.9. The van der Waals surface area contributed by atoms with Gasteiger partial charge >= 0.3 is 0 Å². The Morgan fingerprint density at radius 3 is 2.47 bits per heavy atom. The number of rotatable bonds is 1. The molecule has 0 radical (unpaired) electrons. The molecule has 0 atom stereocenters. The Bertz CT molecular complexity index is 643. The first-order chi connectivity index (χ1) is 7.93. The number of hydrogen-bond acceptors (Lipinski definition) is 3. The number of hydrogen-bond donors (Lipinski definition) is 1. The monoisotopic (exact) mass is 251 g/mol. The molecule has 0 aliphatic carbocycles. The number of halogens is 1. The van der Waals surface area contributed by atoms with E-state index in [1.165, 1.54) is 13.8 Å². The van der Waals surface area contributed by atoms with E-state index in [2.05, 4.69) is 0 Å². The standard InChI is InChI=1S/C12H10ClNO3/c1-6(15)11-9-5-8(13)3-4-10(9)14(7(2)16)12(11)17/h3-5,17H,1-2H3. The Morgan fingerprint density at radius 2 is 1.94 bits per heavy atom. The normalized spacial score (nSPS) is 10.8.